The first-order valence-electron chi connectivity index (χ1n) is 6.17. The molecule has 1 rings (SSSR count). The van der Waals surface area contributed by atoms with E-state index in [0.717, 1.165) is 0 Å². The Morgan fingerprint density at radius 2 is 2.28 bits per heavy atom. The minimum absolute atomic E-state index is 0.0330. The molecule has 2 atom stereocenters. The molecule has 4 nitrogen and oxygen atoms in total. The first-order chi connectivity index (χ1) is 8.51. The van der Waals surface area contributed by atoms with Crippen LogP contribution in [-0.4, -0.2) is 38.0 Å². The van der Waals surface area contributed by atoms with Crippen LogP contribution < -0.4 is 11.1 Å². The zero-order valence-electron chi connectivity index (χ0n) is 11.6. The number of rotatable bonds is 6. The molecule has 5 heteroatoms. The molecule has 1 heterocycles. The van der Waals surface area contributed by atoms with Gasteiger partial charge in [-0.05, 0) is 31.0 Å². The number of hydrogen-bond donors (Lipinski definition) is 2. The van der Waals surface area contributed by atoms with Crippen LogP contribution in [0.3, 0.4) is 0 Å². The normalized spacial score (nSPS) is 14.6. The number of nitrogens with two attached hydrogens (primary N) is 1. The van der Waals surface area contributed by atoms with Gasteiger partial charge in [-0.25, -0.2) is 0 Å². The van der Waals surface area contributed by atoms with Gasteiger partial charge in [0.05, 0.1) is 6.04 Å². The monoisotopic (exact) mass is 269 g/mol. The summed E-state index contributed by atoms with van der Waals surface area (Å²) in [5.41, 5.74) is 7.16. The van der Waals surface area contributed by atoms with Gasteiger partial charge in [-0.1, -0.05) is 6.92 Å². The van der Waals surface area contributed by atoms with E-state index in [9.17, 15) is 4.79 Å². The van der Waals surface area contributed by atoms with E-state index in [1.165, 1.54) is 10.4 Å². The molecule has 1 amide bonds. The van der Waals surface area contributed by atoms with Crippen molar-refractivity contribution < 1.29 is 4.79 Å². The smallest absolute Gasteiger partial charge is 0.223 e. The van der Waals surface area contributed by atoms with Crippen LogP contribution >= 0.6 is 11.3 Å². The summed E-state index contributed by atoms with van der Waals surface area (Å²) in [6, 6.07) is 2.30. The molecular formula is C13H23N3OS. The Kier molecular flexibility index (Phi) is 5.78. The zero-order valence-corrected chi connectivity index (χ0v) is 12.4. The van der Waals surface area contributed by atoms with Crippen LogP contribution in [0.2, 0.25) is 0 Å². The highest BCUT2D eigenvalue weighted by Crippen LogP contribution is 2.27. The maximum absolute atomic E-state index is 11.5. The summed E-state index contributed by atoms with van der Waals surface area (Å²) in [6.45, 7) is 5.31. The Labute approximate surface area is 113 Å². The number of aryl methyl sites for hydroxylation is 1. The second-order valence-corrected chi connectivity index (χ2v) is 5.62. The number of thiophene rings is 1. The summed E-state index contributed by atoms with van der Waals surface area (Å²) in [4.78, 5) is 15.0. The van der Waals surface area contributed by atoms with Crippen molar-refractivity contribution in [3.05, 3.63) is 21.9 Å². The number of likely N-dealkylation sites (N-methyl/N-ethyl adjacent to an activating group) is 1. The molecule has 0 bridgehead atoms. The molecule has 1 aromatic heterocycles. The van der Waals surface area contributed by atoms with Gasteiger partial charge in [0.15, 0.2) is 0 Å². The second kappa shape index (κ2) is 6.87. The van der Waals surface area contributed by atoms with E-state index in [2.05, 4.69) is 28.6 Å². The summed E-state index contributed by atoms with van der Waals surface area (Å²) in [5.74, 6) is 0.0369. The van der Waals surface area contributed by atoms with E-state index in [0.29, 0.717) is 13.1 Å². The van der Waals surface area contributed by atoms with Crippen molar-refractivity contribution in [3.63, 3.8) is 0 Å². The predicted molar refractivity (Wildman–Crippen MR) is 76.7 cm³/mol. The number of amides is 1. The van der Waals surface area contributed by atoms with Gasteiger partial charge in [0.25, 0.3) is 0 Å². The summed E-state index contributed by atoms with van der Waals surface area (Å²) in [5, 5.41) is 4.77. The van der Waals surface area contributed by atoms with Crippen molar-refractivity contribution in [2.24, 2.45) is 11.7 Å². The molecule has 0 aromatic carbocycles. The maximum Gasteiger partial charge on any atom is 0.223 e. The number of nitrogens with one attached hydrogen (secondary N) is 1. The quantitative estimate of drug-likeness (QED) is 0.820. The molecule has 0 spiro atoms. The Bertz CT molecular complexity index is 391. The molecule has 0 aliphatic heterocycles. The van der Waals surface area contributed by atoms with Crippen LogP contribution in [0, 0.1) is 12.8 Å². The van der Waals surface area contributed by atoms with Crippen molar-refractivity contribution in [3.8, 4) is 0 Å². The van der Waals surface area contributed by atoms with E-state index in [1.54, 1.807) is 18.4 Å². The van der Waals surface area contributed by atoms with Crippen molar-refractivity contribution in [2.75, 3.05) is 27.2 Å². The highest BCUT2D eigenvalue weighted by atomic mass is 32.1. The summed E-state index contributed by atoms with van der Waals surface area (Å²) in [6.07, 6.45) is 0. The lowest BCUT2D eigenvalue weighted by Crippen LogP contribution is -2.38. The number of hydrogen-bond acceptors (Lipinski definition) is 4. The third-order valence-electron chi connectivity index (χ3n) is 3.22. The lowest BCUT2D eigenvalue weighted by atomic mass is 10.1. The van der Waals surface area contributed by atoms with Gasteiger partial charge in [-0.2, -0.15) is 0 Å². The Balaban J connectivity index is 2.72. The largest absolute Gasteiger partial charge is 0.359 e. The number of carbonyl (C=O) groups excluding carboxylic acids is 1. The SMILES string of the molecule is CNC(=O)C(C)CN(C)C(CN)c1sccc1C. The Hall–Kier alpha value is -0.910. The van der Waals surface area contributed by atoms with E-state index in [1.807, 2.05) is 14.0 Å². The highest BCUT2D eigenvalue weighted by molar-refractivity contribution is 7.10. The molecule has 0 saturated heterocycles. The molecule has 0 aliphatic rings. The molecule has 0 aliphatic carbocycles. The number of carbonyl (C=O) groups is 1. The van der Waals surface area contributed by atoms with Crippen LogP contribution in [-0.2, 0) is 4.79 Å². The molecular weight excluding hydrogens is 246 g/mol. The molecule has 18 heavy (non-hydrogen) atoms. The third-order valence-corrected chi connectivity index (χ3v) is 4.34. The van der Waals surface area contributed by atoms with Gasteiger partial charge in [-0.3, -0.25) is 9.69 Å². The summed E-state index contributed by atoms with van der Waals surface area (Å²) in [7, 11) is 3.69. The minimum Gasteiger partial charge on any atom is -0.359 e. The topological polar surface area (TPSA) is 58.4 Å². The number of nitrogens with zero attached hydrogens (tertiary/aromatic N) is 1. The standard InChI is InChI=1S/C13H23N3OS/c1-9-5-6-18-12(9)11(7-14)16(4)8-10(2)13(17)15-3/h5-6,10-11H,7-8,14H2,1-4H3,(H,15,17). The first kappa shape index (κ1) is 15.1. The van der Waals surface area contributed by atoms with Crippen molar-refractivity contribution in [2.45, 2.75) is 19.9 Å². The van der Waals surface area contributed by atoms with Crippen molar-refractivity contribution in [1.82, 2.24) is 10.2 Å². The van der Waals surface area contributed by atoms with E-state index in [-0.39, 0.29) is 17.9 Å². The average Bonchev–Trinajstić information content (AvgIpc) is 2.75. The molecule has 0 radical (unpaired) electrons. The van der Waals surface area contributed by atoms with Gasteiger partial charge in [0, 0.05) is 30.9 Å². The Morgan fingerprint density at radius 3 is 2.72 bits per heavy atom. The lowest BCUT2D eigenvalue weighted by Gasteiger charge is -2.28. The van der Waals surface area contributed by atoms with Crippen LogP contribution in [0.25, 0.3) is 0 Å². The van der Waals surface area contributed by atoms with Crippen LogP contribution in [0.4, 0.5) is 0 Å². The molecule has 0 fully saturated rings. The minimum atomic E-state index is -0.0330. The fourth-order valence-electron chi connectivity index (χ4n) is 2.10. The van der Waals surface area contributed by atoms with Gasteiger partial charge in [0.1, 0.15) is 0 Å². The zero-order chi connectivity index (χ0) is 13.7. The maximum atomic E-state index is 11.5. The second-order valence-electron chi connectivity index (χ2n) is 4.67. The molecule has 0 saturated carbocycles. The third kappa shape index (κ3) is 3.54. The first-order valence-corrected chi connectivity index (χ1v) is 7.05. The molecule has 2 unspecified atom stereocenters. The van der Waals surface area contributed by atoms with Crippen LogP contribution in [0.1, 0.15) is 23.4 Å². The highest BCUT2D eigenvalue weighted by Gasteiger charge is 2.22. The fourth-order valence-corrected chi connectivity index (χ4v) is 3.21. The van der Waals surface area contributed by atoms with Gasteiger partial charge in [0.2, 0.25) is 5.91 Å². The van der Waals surface area contributed by atoms with Crippen molar-refractivity contribution >= 4 is 17.2 Å². The van der Waals surface area contributed by atoms with Gasteiger partial charge in [-0.15, -0.1) is 11.3 Å². The van der Waals surface area contributed by atoms with Crippen LogP contribution in [0.15, 0.2) is 11.4 Å². The molecule has 1 aromatic rings. The van der Waals surface area contributed by atoms with E-state index < -0.39 is 0 Å². The summed E-state index contributed by atoms with van der Waals surface area (Å²) < 4.78 is 0. The van der Waals surface area contributed by atoms with Gasteiger partial charge >= 0.3 is 0 Å². The fraction of sp³-hybridized carbons (Fsp3) is 0.615. The average molecular weight is 269 g/mol. The predicted octanol–water partition coefficient (Wildman–Crippen LogP) is 1.37. The Morgan fingerprint density at radius 1 is 1.61 bits per heavy atom. The van der Waals surface area contributed by atoms with Crippen LogP contribution in [0.5, 0.6) is 0 Å². The lowest BCUT2D eigenvalue weighted by molar-refractivity contribution is -0.124. The van der Waals surface area contributed by atoms with E-state index >= 15 is 0 Å². The van der Waals surface area contributed by atoms with Gasteiger partial charge < -0.3 is 11.1 Å². The van der Waals surface area contributed by atoms with Crippen molar-refractivity contribution in [1.29, 1.82) is 0 Å². The summed E-state index contributed by atoms with van der Waals surface area (Å²) >= 11 is 1.73. The van der Waals surface area contributed by atoms with E-state index in [4.69, 9.17) is 5.73 Å². The molecule has 3 N–H and O–H groups in total. The molecule has 102 valence electrons.